The van der Waals surface area contributed by atoms with Gasteiger partial charge in [0.25, 0.3) is 5.91 Å². The molecule has 5 nitrogen and oxygen atoms in total. The molecule has 0 aliphatic heterocycles. The molecule has 22 heavy (non-hydrogen) atoms. The molecule has 0 spiro atoms. The van der Waals surface area contributed by atoms with Crippen molar-refractivity contribution in [1.29, 1.82) is 0 Å². The van der Waals surface area contributed by atoms with E-state index in [2.05, 4.69) is 29.1 Å². The monoisotopic (exact) mass is 294 g/mol. The van der Waals surface area contributed by atoms with E-state index in [1.165, 1.54) is 4.68 Å². The van der Waals surface area contributed by atoms with Crippen LogP contribution in [0.15, 0.2) is 48.5 Å². The molecule has 0 aliphatic rings. The highest BCUT2D eigenvalue weighted by molar-refractivity contribution is 6.00. The van der Waals surface area contributed by atoms with Crippen LogP contribution in [0.2, 0.25) is 0 Å². The molecule has 0 atom stereocenters. The third kappa shape index (κ3) is 2.45. The van der Waals surface area contributed by atoms with E-state index in [9.17, 15) is 4.79 Å². The van der Waals surface area contributed by atoms with Gasteiger partial charge in [-0.3, -0.25) is 4.79 Å². The van der Waals surface area contributed by atoms with Crippen molar-refractivity contribution in [3.63, 3.8) is 0 Å². The van der Waals surface area contributed by atoms with Crippen molar-refractivity contribution in [2.24, 2.45) is 0 Å². The number of anilines is 1. The molecule has 0 N–H and O–H groups in total. The number of hydrogen-bond acceptors (Lipinski definition) is 4. The molecule has 5 heteroatoms. The third-order valence-electron chi connectivity index (χ3n) is 3.79. The van der Waals surface area contributed by atoms with E-state index in [1.54, 1.807) is 0 Å². The minimum Gasteiger partial charge on any atom is -0.372 e. The molecule has 0 saturated heterocycles. The Hall–Kier alpha value is -2.69. The molecule has 0 saturated carbocycles. The van der Waals surface area contributed by atoms with Gasteiger partial charge in [-0.1, -0.05) is 17.3 Å². The smallest absolute Gasteiger partial charge is 0.280 e. The van der Waals surface area contributed by atoms with Gasteiger partial charge in [-0.15, -0.1) is 5.10 Å². The first kappa shape index (κ1) is 14.3. The lowest BCUT2D eigenvalue weighted by Crippen LogP contribution is -2.22. The van der Waals surface area contributed by atoms with Crippen LogP contribution in [0, 0.1) is 0 Å². The highest BCUT2D eigenvalue weighted by Crippen LogP contribution is 2.17. The van der Waals surface area contributed by atoms with Gasteiger partial charge in [-0.25, -0.2) is 0 Å². The molecule has 1 aromatic heterocycles. The Labute approximate surface area is 129 Å². The average molecular weight is 294 g/mol. The summed E-state index contributed by atoms with van der Waals surface area (Å²) in [5.74, 6) is -0.167. The summed E-state index contributed by atoms with van der Waals surface area (Å²) >= 11 is 0. The molecule has 0 radical (unpaired) electrons. The van der Waals surface area contributed by atoms with Crippen molar-refractivity contribution < 1.29 is 4.79 Å². The molecule has 0 fully saturated rings. The number of fused-ring (bicyclic) bond motifs is 1. The summed E-state index contributed by atoms with van der Waals surface area (Å²) in [7, 11) is 0. The Morgan fingerprint density at radius 3 is 2.41 bits per heavy atom. The summed E-state index contributed by atoms with van der Waals surface area (Å²) < 4.78 is 1.35. The standard InChI is InChI=1S/C17H18N4O/c1-3-20(4-2)14-11-9-13(10-12-14)17(22)21-16-8-6-5-7-15(16)18-19-21/h5-12H,3-4H2,1-2H3. The normalized spacial score (nSPS) is 10.8. The van der Waals surface area contributed by atoms with Gasteiger partial charge < -0.3 is 4.90 Å². The quantitative estimate of drug-likeness (QED) is 0.742. The first-order chi connectivity index (χ1) is 10.7. The first-order valence-corrected chi connectivity index (χ1v) is 7.44. The van der Waals surface area contributed by atoms with Crippen molar-refractivity contribution in [3.05, 3.63) is 54.1 Å². The summed E-state index contributed by atoms with van der Waals surface area (Å²) in [5.41, 5.74) is 3.16. The summed E-state index contributed by atoms with van der Waals surface area (Å²) in [5, 5.41) is 7.99. The van der Waals surface area contributed by atoms with Gasteiger partial charge in [0.2, 0.25) is 0 Å². The second kappa shape index (κ2) is 5.97. The zero-order valence-corrected chi connectivity index (χ0v) is 12.7. The van der Waals surface area contributed by atoms with Crippen LogP contribution in [0.3, 0.4) is 0 Å². The van der Waals surface area contributed by atoms with Crippen molar-refractivity contribution >= 4 is 22.6 Å². The van der Waals surface area contributed by atoms with Gasteiger partial charge in [0.05, 0.1) is 5.52 Å². The SMILES string of the molecule is CCN(CC)c1ccc(C(=O)n2nnc3ccccc32)cc1. The van der Waals surface area contributed by atoms with Crippen molar-refractivity contribution in [3.8, 4) is 0 Å². The Morgan fingerprint density at radius 2 is 1.73 bits per heavy atom. The molecule has 3 aromatic rings. The fraction of sp³-hybridized carbons (Fsp3) is 0.235. The number of hydrogen-bond donors (Lipinski definition) is 0. The van der Waals surface area contributed by atoms with E-state index < -0.39 is 0 Å². The summed E-state index contributed by atoms with van der Waals surface area (Å²) in [6.45, 7) is 6.11. The third-order valence-corrected chi connectivity index (χ3v) is 3.79. The number of carbonyl (C=O) groups excluding carboxylic acids is 1. The van der Waals surface area contributed by atoms with E-state index in [0.29, 0.717) is 5.56 Å². The maximum Gasteiger partial charge on any atom is 0.280 e. The minimum atomic E-state index is -0.167. The molecular formula is C17H18N4O. The second-order valence-corrected chi connectivity index (χ2v) is 5.01. The molecule has 0 aliphatic carbocycles. The topological polar surface area (TPSA) is 51.0 Å². The van der Waals surface area contributed by atoms with Crippen LogP contribution >= 0.6 is 0 Å². The molecule has 112 valence electrons. The van der Waals surface area contributed by atoms with Gasteiger partial charge in [-0.05, 0) is 50.2 Å². The van der Waals surface area contributed by atoms with Crippen molar-refractivity contribution in [2.45, 2.75) is 13.8 Å². The van der Waals surface area contributed by atoms with Crippen LogP contribution in [0.25, 0.3) is 11.0 Å². The number of nitrogens with zero attached hydrogens (tertiary/aromatic N) is 4. The van der Waals surface area contributed by atoms with E-state index >= 15 is 0 Å². The van der Waals surface area contributed by atoms with E-state index in [1.807, 2.05) is 48.5 Å². The van der Waals surface area contributed by atoms with E-state index in [-0.39, 0.29) is 5.91 Å². The van der Waals surface area contributed by atoms with Crippen LogP contribution in [0.5, 0.6) is 0 Å². The van der Waals surface area contributed by atoms with E-state index in [0.717, 1.165) is 29.8 Å². The number of rotatable bonds is 4. The fourth-order valence-corrected chi connectivity index (χ4v) is 2.54. The highest BCUT2D eigenvalue weighted by Gasteiger charge is 2.14. The summed E-state index contributed by atoms with van der Waals surface area (Å²) in [4.78, 5) is 14.8. The van der Waals surface area contributed by atoms with Gasteiger partial charge >= 0.3 is 0 Å². The summed E-state index contributed by atoms with van der Waals surface area (Å²) in [6.07, 6.45) is 0. The molecule has 1 heterocycles. The van der Waals surface area contributed by atoms with Crippen LogP contribution < -0.4 is 4.90 Å². The molecule has 0 unspecified atom stereocenters. The molecule has 2 aromatic carbocycles. The van der Waals surface area contributed by atoms with Crippen molar-refractivity contribution in [1.82, 2.24) is 15.0 Å². The Bertz CT molecular complexity index is 788. The highest BCUT2D eigenvalue weighted by atomic mass is 16.2. The summed E-state index contributed by atoms with van der Waals surface area (Å²) in [6, 6.07) is 15.1. The Balaban J connectivity index is 1.92. The molecule has 0 bridgehead atoms. The van der Waals surface area contributed by atoms with Gasteiger partial charge in [0, 0.05) is 24.3 Å². The van der Waals surface area contributed by atoms with Gasteiger partial charge in [0.15, 0.2) is 0 Å². The number of para-hydroxylation sites is 1. The number of carbonyl (C=O) groups is 1. The number of benzene rings is 2. The predicted octanol–water partition coefficient (Wildman–Crippen LogP) is 2.97. The Morgan fingerprint density at radius 1 is 1.05 bits per heavy atom. The molecule has 3 rings (SSSR count). The van der Waals surface area contributed by atoms with Crippen molar-refractivity contribution in [2.75, 3.05) is 18.0 Å². The van der Waals surface area contributed by atoms with Crippen LogP contribution in [0.1, 0.15) is 24.2 Å². The van der Waals surface area contributed by atoms with Gasteiger partial charge in [0.1, 0.15) is 5.52 Å². The average Bonchev–Trinajstić information content (AvgIpc) is 3.00. The Kier molecular flexibility index (Phi) is 3.87. The van der Waals surface area contributed by atoms with Crippen LogP contribution in [-0.2, 0) is 0 Å². The predicted molar refractivity (Wildman–Crippen MR) is 87.3 cm³/mol. The van der Waals surface area contributed by atoms with Gasteiger partial charge in [-0.2, -0.15) is 4.68 Å². The largest absolute Gasteiger partial charge is 0.372 e. The fourth-order valence-electron chi connectivity index (χ4n) is 2.54. The zero-order valence-electron chi connectivity index (χ0n) is 12.7. The lowest BCUT2D eigenvalue weighted by Gasteiger charge is -2.20. The lowest BCUT2D eigenvalue weighted by atomic mass is 10.1. The van der Waals surface area contributed by atoms with E-state index in [4.69, 9.17) is 0 Å². The maximum absolute atomic E-state index is 12.6. The lowest BCUT2D eigenvalue weighted by molar-refractivity contribution is 0.0948. The first-order valence-electron chi connectivity index (χ1n) is 7.44. The second-order valence-electron chi connectivity index (χ2n) is 5.01. The molecule has 0 amide bonds. The number of aromatic nitrogens is 3. The minimum absolute atomic E-state index is 0.167. The van der Waals surface area contributed by atoms with Crippen LogP contribution in [-0.4, -0.2) is 34.0 Å². The zero-order chi connectivity index (χ0) is 15.5. The maximum atomic E-state index is 12.6. The molecular weight excluding hydrogens is 276 g/mol. The van der Waals surface area contributed by atoms with Crippen LogP contribution in [0.4, 0.5) is 5.69 Å².